The second-order valence-electron chi connectivity index (χ2n) is 3.80. The Hall–Kier alpha value is -2.03. The molecule has 0 saturated heterocycles. The summed E-state index contributed by atoms with van der Waals surface area (Å²) in [7, 11) is 0. The molecule has 0 saturated carbocycles. The van der Waals surface area contributed by atoms with Gasteiger partial charge in [-0.25, -0.2) is 0 Å². The molecule has 0 aliphatic rings. The number of hydrogen-bond acceptors (Lipinski definition) is 3. The van der Waals surface area contributed by atoms with E-state index in [2.05, 4.69) is 4.98 Å². The SMILES string of the molecule is CCOc1ccccc1-c1ccc(N)c(C)n1. The molecular weight excluding hydrogens is 212 g/mol. The van der Waals surface area contributed by atoms with Crippen LogP contribution >= 0.6 is 0 Å². The van der Waals surface area contributed by atoms with Gasteiger partial charge in [-0.3, -0.25) is 4.98 Å². The van der Waals surface area contributed by atoms with Gasteiger partial charge < -0.3 is 10.5 Å². The molecule has 3 nitrogen and oxygen atoms in total. The van der Waals surface area contributed by atoms with Crippen molar-refractivity contribution in [2.24, 2.45) is 0 Å². The highest BCUT2D eigenvalue weighted by atomic mass is 16.5. The van der Waals surface area contributed by atoms with Crippen molar-refractivity contribution in [3.8, 4) is 17.0 Å². The molecule has 1 heterocycles. The number of nitrogens with two attached hydrogens (primary N) is 1. The summed E-state index contributed by atoms with van der Waals surface area (Å²) >= 11 is 0. The number of aryl methyl sites for hydroxylation is 1. The minimum atomic E-state index is 0.644. The van der Waals surface area contributed by atoms with Gasteiger partial charge in [0, 0.05) is 5.56 Å². The topological polar surface area (TPSA) is 48.1 Å². The fraction of sp³-hybridized carbons (Fsp3) is 0.214. The van der Waals surface area contributed by atoms with Crippen molar-refractivity contribution < 1.29 is 4.74 Å². The fourth-order valence-corrected chi connectivity index (χ4v) is 1.68. The highest BCUT2D eigenvalue weighted by molar-refractivity contribution is 5.68. The highest BCUT2D eigenvalue weighted by Gasteiger charge is 2.07. The molecular formula is C14H16N2O. The molecule has 0 atom stereocenters. The summed E-state index contributed by atoms with van der Waals surface area (Å²) in [6.45, 7) is 4.52. The van der Waals surface area contributed by atoms with E-state index in [1.165, 1.54) is 0 Å². The Bertz CT molecular complexity index is 523. The Labute approximate surface area is 101 Å². The third-order valence-corrected chi connectivity index (χ3v) is 2.59. The number of para-hydroxylation sites is 1. The normalized spacial score (nSPS) is 10.2. The number of benzene rings is 1. The van der Waals surface area contributed by atoms with Gasteiger partial charge in [-0.1, -0.05) is 12.1 Å². The zero-order valence-electron chi connectivity index (χ0n) is 10.1. The number of rotatable bonds is 3. The summed E-state index contributed by atoms with van der Waals surface area (Å²) in [4.78, 5) is 4.48. The standard InChI is InChI=1S/C14H16N2O/c1-3-17-14-7-5-4-6-11(14)13-9-8-12(15)10(2)16-13/h4-9H,3,15H2,1-2H3. The first-order valence-electron chi connectivity index (χ1n) is 5.67. The molecule has 1 aromatic heterocycles. The summed E-state index contributed by atoms with van der Waals surface area (Å²) in [5, 5.41) is 0. The maximum Gasteiger partial charge on any atom is 0.128 e. The van der Waals surface area contributed by atoms with Crippen molar-refractivity contribution in [1.82, 2.24) is 4.98 Å². The molecule has 0 fully saturated rings. The number of aromatic nitrogens is 1. The van der Waals surface area contributed by atoms with Crippen LogP contribution in [-0.4, -0.2) is 11.6 Å². The molecule has 17 heavy (non-hydrogen) atoms. The van der Waals surface area contributed by atoms with E-state index in [4.69, 9.17) is 10.5 Å². The zero-order valence-corrected chi connectivity index (χ0v) is 10.1. The van der Waals surface area contributed by atoms with Crippen LogP contribution in [0.15, 0.2) is 36.4 Å². The van der Waals surface area contributed by atoms with Crippen molar-refractivity contribution in [2.45, 2.75) is 13.8 Å². The van der Waals surface area contributed by atoms with E-state index in [0.29, 0.717) is 12.3 Å². The molecule has 2 N–H and O–H groups in total. The number of nitrogens with zero attached hydrogens (tertiary/aromatic N) is 1. The van der Waals surface area contributed by atoms with E-state index in [1.54, 1.807) is 0 Å². The number of hydrogen-bond donors (Lipinski definition) is 1. The van der Waals surface area contributed by atoms with Gasteiger partial charge in [0.2, 0.25) is 0 Å². The van der Waals surface area contributed by atoms with E-state index in [1.807, 2.05) is 50.2 Å². The largest absolute Gasteiger partial charge is 0.493 e. The number of ether oxygens (including phenoxy) is 1. The zero-order chi connectivity index (χ0) is 12.3. The molecule has 1 aromatic carbocycles. The maximum absolute atomic E-state index is 5.77. The van der Waals surface area contributed by atoms with Crippen LogP contribution in [0.5, 0.6) is 5.75 Å². The summed E-state index contributed by atoms with van der Waals surface area (Å²) in [6, 6.07) is 11.7. The van der Waals surface area contributed by atoms with Crippen molar-refractivity contribution in [3.63, 3.8) is 0 Å². The van der Waals surface area contributed by atoms with E-state index in [0.717, 1.165) is 22.7 Å². The van der Waals surface area contributed by atoms with Crippen molar-refractivity contribution >= 4 is 5.69 Å². The lowest BCUT2D eigenvalue weighted by Crippen LogP contribution is -1.97. The molecule has 88 valence electrons. The van der Waals surface area contributed by atoms with Crippen molar-refractivity contribution in [2.75, 3.05) is 12.3 Å². The van der Waals surface area contributed by atoms with Gasteiger partial charge in [0.15, 0.2) is 0 Å². The molecule has 0 radical (unpaired) electrons. The third-order valence-electron chi connectivity index (χ3n) is 2.59. The highest BCUT2D eigenvalue weighted by Crippen LogP contribution is 2.29. The van der Waals surface area contributed by atoms with E-state index in [9.17, 15) is 0 Å². The van der Waals surface area contributed by atoms with Crippen LogP contribution < -0.4 is 10.5 Å². The molecule has 0 aliphatic heterocycles. The molecule has 0 bridgehead atoms. The smallest absolute Gasteiger partial charge is 0.128 e. The molecule has 2 aromatic rings. The van der Waals surface area contributed by atoms with Crippen molar-refractivity contribution in [3.05, 3.63) is 42.1 Å². The maximum atomic E-state index is 5.77. The van der Waals surface area contributed by atoms with Gasteiger partial charge in [-0.15, -0.1) is 0 Å². The average Bonchev–Trinajstić information content (AvgIpc) is 2.34. The van der Waals surface area contributed by atoms with Crippen LogP contribution in [0.4, 0.5) is 5.69 Å². The monoisotopic (exact) mass is 228 g/mol. The van der Waals surface area contributed by atoms with Crippen LogP contribution in [-0.2, 0) is 0 Å². The summed E-state index contributed by atoms with van der Waals surface area (Å²) in [5.74, 6) is 0.853. The van der Waals surface area contributed by atoms with Crippen molar-refractivity contribution in [1.29, 1.82) is 0 Å². The molecule has 2 rings (SSSR count). The second-order valence-corrected chi connectivity index (χ2v) is 3.80. The summed E-state index contributed by atoms with van der Waals surface area (Å²) in [6.07, 6.45) is 0. The van der Waals surface area contributed by atoms with Gasteiger partial charge in [-0.2, -0.15) is 0 Å². The lowest BCUT2D eigenvalue weighted by molar-refractivity contribution is 0.341. The molecule has 0 amide bonds. The van der Waals surface area contributed by atoms with Crippen LogP contribution in [0.2, 0.25) is 0 Å². The predicted molar refractivity (Wildman–Crippen MR) is 70.0 cm³/mol. The Kier molecular flexibility index (Phi) is 3.28. The first kappa shape index (κ1) is 11.5. The number of anilines is 1. The molecule has 0 spiro atoms. The quantitative estimate of drug-likeness (QED) is 0.878. The van der Waals surface area contributed by atoms with Crippen LogP contribution in [0.1, 0.15) is 12.6 Å². The predicted octanol–water partition coefficient (Wildman–Crippen LogP) is 3.04. The van der Waals surface area contributed by atoms with E-state index in [-0.39, 0.29) is 0 Å². The van der Waals surface area contributed by atoms with Gasteiger partial charge in [0.05, 0.1) is 23.7 Å². The van der Waals surface area contributed by atoms with Crippen LogP contribution in [0.25, 0.3) is 11.3 Å². The van der Waals surface area contributed by atoms with E-state index < -0.39 is 0 Å². The minimum absolute atomic E-state index is 0.644. The Morgan fingerprint density at radius 2 is 1.94 bits per heavy atom. The molecule has 0 unspecified atom stereocenters. The second kappa shape index (κ2) is 4.87. The van der Waals surface area contributed by atoms with Gasteiger partial charge >= 0.3 is 0 Å². The Balaban J connectivity index is 2.48. The van der Waals surface area contributed by atoms with Crippen LogP contribution in [0.3, 0.4) is 0 Å². The first-order chi connectivity index (χ1) is 8.22. The number of pyridine rings is 1. The lowest BCUT2D eigenvalue weighted by atomic mass is 10.1. The Morgan fingerprint density at radius 1 is 1.18 bits per heavy atom. The van der Waals surface area contributed by atoms with Gasteiger partial charge in [0.25, 0.3) is 0 Å². The number of nitrogen functional groups attached to an aromatic ring is 1. The summed E-state index contributed by atoms with van der Waals surface area (Å²) in [5.41, 5.74) is 9.21. The lowest BCUT2D eigenvalue weighted by Gasteiger charge is -2.10. The summed E-state index contributed by atoms with van der Waals surface area (Å²) < 4.78 is 5.59. The minimum Gasteiger partial charge on any atom is -0.493 e. The average molecular weight is 228 g/mol. The van der Waals surface area contributed by atoms with E-state index >= 15 is 0 Å². The Morgan fingerprint density at radius 3 is 2.65 bits per heavy atom. The first-order valence-corrected chi connectivity index (χ1v) is 5.67. The van der Waals surface area contributed by atoms with Crippen LogP contribution in [0, 0.1) is 6.92 Å². The van der Waals surface area contributed by atoms with Gasteiger partial charge in [-0.05, 0) is 38.1 Å². The third kappa shape index (κ3) is 2.38. The molecule has 0 aliphatic carbocycles. The molecule has 3 heteroatoms. The fourth-order valence-electron chi connectivity index (χ4n) is 1.68. The van der Waals surface area contributed by atoms with Gasteiger partial charge in [0.1, 0.15) is 5.75 Å².